The molecule has 0 aromatic heterocycles. The summed E-state index contributed by atoms with van der Waals surface area (Å²) < 4.78 is 10.8. The lowest BCUT2D eigenvalue weighted by Crippen LogP contribution is -2.32. The average molecular weight is 443 g/mol. The van der Waals surface area contributed by atoms with Crippen molar-refractivity contribution in [2.45, 2.75) is 20.4 Å². The Balaban J connectivity index is 1.79. The Morgan fingerprint density at radius 1 is 0.788 bits per heavy atom. The predicted molar refractivity (Wildman–Crippen MR) is 128 cm³/mol. The van der Waals surface area contributed by atoms with Gasteiger partial charge in [-0.15, -0.1) is 0 Å². The number of imide groups is 1. The van der Waals surface area contributed by atoms with Crippen LogP contribution in [0, 0.1) is 13.8 Å². The molecule has 0 unspecified atom stereocenters. The van der Waals surface area contributed by atoms with Gasteiger partial charge < -0.3 is 14.8 Å². The highest BCUT2D eigenvalue weighted by atomic mass is 16.5. The summed E-state index contributed by atoms with van der Waals surface area (Å²) in [6, 6.07) is 20.5. The third-order valence-electron chi connectivity index (χ3n) is 5.80. The molecule has 0 saturated heterocycles. The normalized spacial score (nSPS) is 13.5. The van der Waals surface area contributed by atoms with Crippen molar-refractivity contribution in [3.63, 3.8) is 0 Å². The first-order valence-corrected chi connectivity index (χ1v) is 10.6. The van der Waals surface area contributed by atoms with Crippen LogP contribution in [0.3, 0.4) is 0 Å². The van der Waals surface area contributed by atoms with E-state index in [1.807, 2.05) is 62.4 Å². The molecule has 0 aliphatic carbocycles. The number of hydrogen-bond donors (Lipinski definition) is 1. The maximum absolute atomic E-state index is 13.5. The molecule has 0 saturated carbocycles. The Labute approximate surface area is 193 Å². The topological polar surface area (TPSA) is 67.9 Å². The molecule has 3 aromatic carbocycles. The van der Waals surface area contributed by atoms with Crippen molar-refractivity contribution in [3.05, 3.63) is 94.7 Å². The summed E-state index contributed by atoms with van der Waals surface area (Å²) in [5.74, 6) is 0.299. The van der Waals surface area contributed by atoms with Gasteiger partial charge in [0, 0.05) is 5.69 Å². The van der Waals surface area contributed by atoms with Crippen molar-refractivity contribution >= 4 is 23.1 Å². The van der Waals surface area contributed by atoms with E-state index in [2.05, 4.69) is 5.32 Å². The summed E-state index contributed by atoms with van der Waals surface area (Å²) in [5.41, 5.74) is 4.97. The molecular weight excluding hydrogens is 416 g/mol. The van der Waals surface area contributed by atoms with Gasteiger partial charge in [0.25, 0.3) is 11.8 Å². The molecular formula is C27H26N2O4. The van der Waals surface area contributed by atoms with Crippen molar-refractivity contribution in [3.8, 4) is 11.5 Å². The molecule has 168 valence electrons. The Morgan fingerprint density at radius 2 is 1.52 bits per heavy atom. The van der Waals surface area contributed by atoms with Crippen LogP contribution in [0.5, 0.6) is 11.5 Å². The van der Waals surface area contributed by atoms with Gasteiger partial charge in [0.05, 0.1) is 26.3 Å². The van der Waals surface area contributed by atoms with Gasteiger partial charge in [-0.05, 0) is 60.4 Å². The van der Waals surface area contributed by atoms with Crippen LogP contribution < -0.4 is 14.8 Å². The predicted octanol–water partition coefficient (Wildman–Crippen LogP) is 4.71. The molecule has 1 aliphatic heterocycles. The fourth-order valence-corrected chi connectivity index (χ4v) is 3.82. The standard InChI is InChI=1S/C27H26N2O4/c1-17-10-12-21(14-18(17)2)28-25-24(20-11-13-22(32-3)23(15-20)33-4)26(30)29(27(25)31)16-19-8-6-5-7-9-19/h5-15,28H,16H2,1-4H3. The number of rotatable bonds is 7. The number of nitrogens with one attached hydrogen (secondary N) is 1. The van der Waals surface area contributed by atoms with Crippen LogP contribution >= 0.6 is 0 Å². The minimum absolute atomic E-state index is 0.188. The van der Waals surface area contributed by atoms with Crippen LogP contribution in [0.4, 0.5) is 5.69 Å². The van der Waals surface area contributed by atoms with Gasteiger partial charge in [-0.2, -0.15) is 0 Å². The lowest BCUT2D eigenvalue weighted by molar-refractivity contribution is -0.137. The van der Waals surface area contributed by atoms with Crippen molar-refractivity contribution in [1.82, 2.24) is 4.90 Å². The molecule has 4 rings (SSSR count). The van der Waals surface area contributed by atoms with Gasteiger partial charge in [-0.25, -0.2) is 0 Å². The quantitative estimate of drug-likeness (QED) is 0.537. The van der Waals surface area contributed by atoms with Gasteiger partial charge in [-0.3, -0.25) is 14.5 Å². The Kier molecular flexibility index (Phi) is 6.18. The monoisotopic (exact) mass is 442 g/mol. The van der Waals surface area contributed by atoms with E-state index in [0.29, 0.717) is 22.6 Å². The van der Waals surface area contributed by atoms with Gasteiger partial charge in [0.2, 0.25) is 0 Å². The van der Waals surface area contributed by atoms with Gasteiger partial charge in [-0.1, -0.05) is 42.5 Å². The van der Waals surface area contributed by atoms with E-state index < -0.39 is 0 Å². The molecule has 0 atom stereocenters. The summed E-state index contributed by atoms with van der Waals surface area (Å²) in [4.78, 5) is 28.3. The number of anilines is 1. The van der Waals surface area contributed by atoms with E-state index >= 15 is 0 Å². The molecule has 1 heterocycles. The van der Waals surface area contributed by atoms with Crippen molar-refractivity contribution < 1.29 is 19.1 Å². The molecule has 6 heteroatoms. The second-order valence-corrected chi connectivity index (χ2v) is 7.93. The molecule has 2 amide bonds. The zero-order valence-corrected chi connectivity index (χ0v) is 19.1. The number of methoxy groups -OCH3 is 2. The number of benzene rings is 3. The fraction of sp³-hybridized carbons (Fsp3) is 0.185. The summed E-state index contributed by atoms with van der Waals surface area (Å²) in [7, 11) is 3.09. The van der Waals surface area contributed by atoms with Crippen molar-refractivity contribution in [1.29, 1.82) is 0 Å². The van der Waals surface area contributed by atoms with Gasteiger partial charge in [0.15, 0.2) is 11.5 Å². The molecule has 0 fully saturated rings. The van der Waals surface area contributed by atoms with Crippen LogP contribution in [-0.4, -0.2) is 30.9 Å². The van der Waals surface area contributed by atoms with Crippen molar-refractivity contribution in [2.75, 3.05) is 19.5 Å². The van der Waals surface area contributed by atoms with Crippen molar-refractivity contribution in [2.24, 2.45) is 0 Å². The first-order valence-electron chi connectivity index (χ1n) is 10.6. The summed E-state index contributed by atoms with van der Waals surface area (Å²) in [6.45, 7) is 4.22. The number of aryl methyl sites for hydroxylation is 2. The Hall–Kier alpha value is -4.06. The molecule has 0 radical (unpaired) electrons. The summed E-state index contributed by atoms with van der Waals surface area (Å²) in [6.07, 6.45) is 0. The smallest absolute Gasteiger partial charge is 0.278 e. The fourth-order valence-electron chi connectivity index (χ4n) is 3.82. The first kappa shape index (κ1) is 22.1. The van der Waals surface area contributed by atoms with Crippen LogP contribution in [-0.2, 0) is 16.1 Å². The SMILES string of the molecule is COc1ccc(C2=C(Nc3ccc(C)c(C)c3)C(=O)N(Cc3ccccc3)C2=O)cc1OC. The maximum atomic E-state index is 13.5. The zero-order chi connectivity index (χ0) is 23.5. The largest absolute Gasteiger partial charge is 0.493 e. The second kappa shape index (κ2) is 9.20. The van der Waals surface area contributed by atoms with Gasteiger partial charge in [0.1, 0.15) is 5.70 Å². The summed E-state index contributed by atoms with van der Waals surface area (Å²) in [5, 5.41) is 3.22. The van der Waals surface area contributed by atoms with Crippen LogP contribution in [0.15, 0.2) is 72.4 Å². The van der Waals surface area contributed by atoms with Crippen LogP contribution in [0.2, 0.25) is 0 Å². The first-order chi connectivity index (χ1) is 15.9. The van der Waals surface area contributed by atoms with Gasteiger partial charge >= 0.3 is 0 Å². The highest BCUT2D eigenvalue weighted by Gasteiger charge is 2.39. The number of carbonyl (C=O) groups is 2. The van der Waals surface area contributed by atoms with E-state index in [9.17, 15) is 9.59 Å². The molecule has 0 spiro atoms. The van der Waals surface area contributed by atoms with E-state index in [0.717, 1.165) is 22.4 Å². The third kappa shape index (κ3) is 4.32. The number of hydrogen-bond acceptors (Lipinski definition) is 5. The van der Waals surface area contributed by atoms with E-state index in [-0.39, 0.29) is 24.1 Å². The molecule has 1 N–H and O–H groups in total. The van der Waals surface area contributed by atoms with E-state index in [1.54, 1.807) is 25.3 Å². The number of nitrogens with zero attached hydrogens (tertiary/aromatic N) is 1. The second-order valence-electron chi connectivity index (χ2n) is 7.93. The molecule has 33 heavy (non-hydrogen) atoms. The van der Waals surface area contributed by atoms with E-state index in [4.69, 9.17) is 9.47 Å². The maximum Gasteiger partial charge on any atom is 0.278 e. The molecule has 3 aromatic rings. The number of carbonyl (C=O) groups excluding carboxylic acids is 2. The molecule has 1 aliphatic rings. The molecule has 0 bridgehead atoms. The lowest BCUT2D eigenvalue weighted by Gasteiger charge is -2.15. The van der Waals surface area contributed by atoms with Crippen LogP contribution in [0.1, 0.15) is 22.3 Å². The Morgan fingerprint density at radius 3 is 2.18 bits per heavy atom. The Bertz CT molecular complexity index is 1250. The number of amides is 2. The third-order valence-corrected chi connectivity index (χ3v) is 5.80. The highest BCUT2D eigenvalue weighted by Crippen LogP contribution is 2.36. The highest BCUT2D eigenvalue weighted by molar-refractivity contribution is 6.36. The summed E-state index contributed by atoms with van der Waals surface area (Å²) >= 11 is 0. The zero-order valence-electron chi connectivity index (χ0n) is 19.1. The number of ether oxygens (including phenoxy) is 2. The minimum atomic E-state index is -0.369. The molecule has 6 nitrogen and oxygen atoms in total. The lowest BCUT2D eigenvalue weighted by atomic mass is 10.0. The average Bonchev–Trinajstić information content (AvgIpc) is 3.05. The van der Waals surface area contributed by atoms with E-state index in [1.165, 1.54) is 12.0 Å². The van der Waals surface area contributed by atoms with Crippen LogP contribution in [0.25, 0.3) is 5.57 Å². The minimum Gasteiger partial charge on any atom is -0.493 e.